The smallest absolute Gasteiger partial charge is 0.312 e. The van der Waals surface area contributed by atoms with Crippen LogP contribution in [0.3, 0.4) is 0 Å². The maximum atomic E-state index is 14.1. The van der Waals surface area contributed by atoms with Crippen molar-refractivity contribution in [3.05, 3.63) is 69.9 Å². The summed E-state index contributed by atoms with van der Waals surface area (Å²) in [5.74, 6) is -1.45. The predicted octanol–water partition coefficient (Wildman–Crippen LogP) is 5.80. The largest absolute Gasteiger partial charge is 0.322 e. The van der Waals surface area contributed by atoms with E-state index in [4.69, 9.17) is 0 Å². The number of hydrogen-bond donors (Lipinski definition) is 1. The summed E-state index contributed by atoms with van der Waals surface area (Å²) < 4.78 is 29.5. The zero-order valence-electron chi connectivity index (χ0n) is 16.0. The molecule has 0 radical (unpaired) electrons. The summed E-state index contributed by atoms with van der Waals surface area (Å²) in [6.07, 6.45) is 6.54. The average molecular weight is 413 g/mol. The topological polar surface area (TPSA) is 37.3 Å². The summed E-state index contributed by atoms with van der Waals surface area (Å²) in [5, 5.41) is 3.82. The summed E-state index contributed by atoms with van der Waals surface area (Å²) >= 11 is 1.83. The van der Waals surface area contributed by atoms with E-state index in [0.717, 1.165) is 37.1 Å². The number of hydrogen-bond acceptors (Lipinski definition) is 2. The zero-order chi connectivity index (χ0) is 20.1. The van der Waals surface area contributed by atoms with Gasteiger partial charge >= 0.3 is 6.03 Å². The van der Waals surface area contributed by atoms with Gasteiger partial charge in [-0.1, -0.05) is 0 Å². The Labute approximate surface area is 171 Å². The molecular formula is C22H21F2N3OS. The maximum absolute atomic E-state index is 14.1. The van der Waals surface area contributed by atoms with Gasteiger partial charge in [-0.2, -0.15) is 0 Å². The number of urea groups is 1. The van der Waals surface area contributed by atoms with Gasteiger partial charge in [0, 0.05) is 28.4 Å². The van der Waals surface area contributed by atoms with Crippen LogP contribution in [-0.2, 0) is 19.4 Å². The molecule has 3 heterocycles. The number of benzene rings is 1. The molecule has 0 saturated heterocycles. The summed E-state index contributed by atoms with van der Waals surface area (Å²) in [6, 6.07) is 6.62. The molecule has 2 amide bonds. The Bertz CT molecular complexity index is 1100. The third kappa shape index (κ3) is 3.04. The van der Waals surface area contributed by atoms with Crippen LogP contribution in [0.4, 0.5) is 19.3 Å². The van der Waals surface area contributed by atoms with Gasteiger partial charge in [0.1, 0.15) is 16.6 Å². The molecule has 5 rings (SSSR count). The summed E-state index contributed by atoms with van der Waals surface area (Å²) in [5.41, 5.74) is 3.57. The molecule has 1 aliphatic heterocycles. The van der Waals surface area contributed by atoms with Crippen molar-refractivity contribution >= 4 is 23.1 Å². The maximum Gasteiger partial charge on any atom is 0.322 e. The Kier molecular flexibility index (Phi) is 4.42. The van der Waals surface area contributed by atoms with E-state index in [1.54, 1.807) is 4.90 Å². The van der Waals surface area contributed by atoms with E-state index in [2.05, 4.69) is 9.88 Å². The molecule has 0 unspecified atom stereocenters. The van der Waals surface area contributed by atoms with Gasteiger partial charge in [0.2, 0.25) is 0 Å². The highest BCUT2D eigenvalue weighted by Crippen LogP contribution is 2.42. The van der Waals surface area contributed by atoms with Crippen LogP contribution in [0.2, 0.25) is 0 Å². The van der Waals surface area contributed by atoms with Crippen LogP contribution in [0.5, 0.6) is 0 Å². The molecule has 0 spiro atoms. The fraction of sp³-hybridized carbons (Fsp3) is 0.318. The number of aromatic nitrogens is 1. The Morgan fingerprint density at radius 3 is 2.83 bits per heavy atom. The second kappa shape index (κ2) is 6.99. The fourth-order valence-electron chi connectivity index (χ4n) is 4.39. The number of halogens is 2. The van der Waals surface area contributed by atoms with Gasteiger partial charge < -0.3 is 14.8 Å². The predicted molar refractivity (Wildman–Crippen MR) is 110 cm³/mol. The van der Waals surface area contributed by atoms with Gasteiger partial charge in [-0.3, -0.25) is 0 Å². The van der Waals surface area contributed by atoms with Crippen molar-refractivity contribution in [3.8, 4) is 5.00 Å². The second-order valence-corrected chi connectivity index (χ2v) is 8.74. The lowest BCUT2D eigenvalue weighted by Gasteiger charge is -2.28. The first-order chi connectivity index (χ1) is 14.0. The molecule has 150 valence electrons. The van der Waals surface area contributed by atoms with Gasteiger partial charge in [0.25, 0.3) is 0 Å². The fourth-order valence-corrected chi connectivity index (χ4v) is 5.79. The van der Waals surface area contributed by atoms with Crippen molar-refractivity contribution in [2.75, 3.05) is 5.32 Å². The van der Waals surface area contributed by atoms with Crippen LogP contribution >= 0.6 is 11.3 Å². The molecule has 0 saturated carbocycles. The summed E-state index contributed by atoms with van der Waals surface area (Å²) in [6.45, 7) is 2.45. The van der Waals surface area contributed by atoms with E-state index in [0.29, 0.717) is 6.54 Å². The number of thiophene rings is 1. The molecule has 1 atom stereocenters. The van der Waals surface area contributed by atoms with Crippen LogP contribution in [0.1, 0.15) is 47.5 Å². The molecule has 0 fully saturated rings. The monoisotopic (exact) mass is 413 g/mol. The SMILES string of the molecule is C[C@@H]1c2cccn2-c2sc3c(c2CN1C(=O)Nc1ccc(F)cc1F)CCCC3. The summed E-state index contributed by atoms with van der Waals surface area (Å²) in [4.78, 5) is 16.3. The van der Waals surface area contributed by atoms with Crippen molar-refractivity contribution in [1.82, 2.24) is 9.47 Å². The third-order valence-corrected chi connectivity index (χ3v) is 7.25. The average Bonchev–Trinajstić information content (AvgIpc) is 3.30. The number of fused-ring (bicyclic) bond motifs is 5. The van der Waals surface area contributed by atoms with Gasteiger partial charge in [0.05, 0.1) is 18.3 Å². The van der Waals surface area contributed by atoms with E-state index in [1.165, 1.54) is 33.5 Å². The Balaban J connectivity index is 1.54. The lowest BCUT2D eigenvalue weighted by atomic mass is 9.95. The standard InChI is InChI=1S/C22H21F2N3OS/c1-13-19-6-4-10-26(19)21-16(15-5-2-3-7-20(15)29-21)12-27(13)22(28)25-18-9-8-14(23)11-17(18)24/h4,6,8-11,13H,2-3,5,7,12H2,1H3,(H,25,28)/t13-/m1/s1. The molecule has 4 nitrogen and oxygen atoms in total. The van der Waals surface area contributed by atoms with Crippen molar-refractivity contribution in [3.63, 3.8) is 0 Å². The second-order valence-electron chi connectivity index (χ2n) is 7.66. The number of carbonyl (C=O) groups excluding carboxylic acids is 1. The quantitative estimate of drug-likeness (QED) is 0.537. The molecule has 29 heavy (non-hydrogen) atoms. The third-order valence-electron chi connectivity index (χ3n) is 5.92. The Morgan fingerprint density at radius 1 is 1.17 bits per heavy atom. The highest BCUT2D eigenvalue weighted by molar-refractivity contribution is 7.15. The van der Waals surface area contributed by atoms with Crippen LogP contribution in [0.15, 0.2) is 36.5 Å². The minimum Gasteiger partial charge on any atom is -0.312 e. The van der Waals surface area contributed by atoms with Gasteiger partial charge in [-0.25, -0.2) is 13.6 Å². The zero-order valence-corrected chi connectivity index (χ0v) is 16.9. The van der Waals surface area contributed by atoms with Crippen molar-refractivity contribution in [2.45, 2.75) is 45.2 Å². The van der Waals surface area contributed by atoms with Crippen LogP contribution in [-0.4, -0.2) is 15.5 Å². The molecule has 2 aromatic heterocycles. The minimum absolute atomic E-state index is 0.0178. The molecule has 1 aromatic carbocycles. The number of amides is 2. The Hall–Kier alpha value is -2.67. The molecule has 7 heteroatoms. The van der Waals surface area contributed by atoms with Gasteiger partial charge in [-0.15, -0.1) is 11.3 Å². The first-order valence-corrected chi connectivity index (χ1v) is 10.7. The first kappa shape index (κ1) is 18.4. The molecule has 1 aliphatic carbocycles. The number of aryl methyl sites for hydroxylation is 1. The molecule has 3 aromatic rings. The molecule has 0 bridgehead atoms. The van der Waals surface area contributed by atoms with E-state index in [1.807, 2.05) is 36.6 Å². The van der Waals surface area contributed by atoms with E-state index in [-0.39, 0.29) is 17.8 Å². The normalized spacial score (nSPS) is 17.9. The van der Waals surface area contributed by atoms with Crippen LogP contribution < -0.4 is 5.32 Å². The van der Waals surface area contributed by atoms with Crippen molar-refractivity contribution in [1.29, 1.82) is 0 Å². The number of anilines is 1. The lowest BCUT2D eigenvalue weighted by Crippen LogP contribution is -2.36. The van der Waals surface area contributed by atoms with E-state index in [9.17, 15) is 13.6 Å². The molecule has 2 aliphatic rings. The highest BCUT2D eigenvalue weighted by atomic mass is 32.1. The number of nitrogens with zero attached hydrogens (tertiary/aromatic N) is 2. The van der Waals surface area contributed by atoms with Crippen LogP contribution in [0, 0.1) is 11.6 Å². The van der Waals surface area contributed by atoms with Gasteiger partial charge in [0.15, 0.2) is 0 Å². The van der Waals surface area contributed by atoms with Crippen molar-refractivity contribution in [2.24, 2.45) is 0 Å². The van der Waals surface area contributed by atoms with Crippen molar-refractivity contribution < 1.29 is 13.6 Å². The minimum atomic E-state index is -0.780. The van der Waals surface area contributed by atoms with Gasteiger partial charge in [-0.05, 0) is 62.4 Å². The molecular weight excluding hydrogens is 392 g/mol. The number of rotatable bonds is 1. The highest BCUT2D eigenvalue weighted by Gasteiger charge is 2.33. The number of nitrogens with one attached hydrogen (secondary N) is 1. The lowest BCUT2D eigenvalue weighted by molar-refractivity contribution is 0.189. The molecule has 1 N–H and O–H groups in total. The van der Waals surface area contributed by atoms with E-state index >= 15 is 0 Å². The number of carbonyl (C=O) groups is 1. The first-order valence-electron chi connectivity index (χ1n) is 9.86. The Morgan fingerprint density at radius 2 is 2.00 bits per heavy atom. The van der Waals surface area contributed by atoms with E-state index < -0.39 is 11.6 Å². The summed E-state index contributed by atoms with van der Waals surface area (Å²) in [7, 11) is 0. The van der Waals surface area contributed by atoms with Crippen LogP contribution in [0.25, 0.3) is 5.00 Å².